The molecule has 0 atom stereocenters. The smallest absolute Gasteiger partial charge is 0.206 e. The molecule has 2 aliphatic rings. The van der Waals surface area contributed by atoms with Gasteiger partial charge in [0.15, 0.2) is 11.5 Å². The average molecular weight is 603 g/mol. The zero-order chi connectivity index (χ0) is 27.4. The second-order valence-corrected chi connectivity index (χ2v) is 6.29. The molecule has 0 radical (unpaired) electrons. The largest absolute Gasteiger partial charge is 0.503 e. The van der Waals surface area contributed by atoms with Crippen LogP contribution in [0.5, 0.6) is 11.5 Å². The van der Waals surface area contributed by atoms with E-state index in [0.29, 0.717) is 0 Å². The molecule has 0 bridgehead atoms. The van der Waals surface area contributed by atoms with Crippen molar-refractivity contribution < 1.29 is 89.6 Å². The minimum atomic E-state index is -2.29. The van der Waals surface area contributed by atoms with E-state index in [0.717, 1.165) is 52.9 Å². The summed E-state index contributed by atoms with van der Waals surface area (Å²) < 4.78 is 141. The number of benzene rings is 2. The van der Waals surface area contributed by atoms with Crippen molar-refractivity contribution in [2.24, 2.45) is 0 Å². The zero-order valence-corrected chi connectivity index (χ0v) is 19.3. The van der Waals surface area contributed by atoms with Crippen molar-refractivity contribution in [2.45, 2.75) is 0 Å². The molecule has 2 N–H and O–H groups in total. The van der Waals surface area contributed by atoms with Gasteiger partial charge in [0.05, 0.1) is 52.9 Å². The average Bonchev–Trinajstić information content (AvgIpc) is 2.93. The summed E-state index contributed by atoms with van der Waals surface area (Å²) in [5, 5.41) is 16.6. The van der Waals surface area contributed by atoms with E-state index in [-0.39, 0.29) is 16.5 Å². The third-order valence-electron chi connectivity index (χ3n) is 3.86. The number of ether oxygens (including phenoxy) is 4. The molecule has 0 saturated carbocycles. The summed E-state index contributed by atoms with van der Waals surface area (Å²) in [7, 11) is 0. The quantitative estimate of drug-likeness (QED) is 0.203. The third kappa shape index (κ3) is 10.2. The summed E-state index contributed by atoms with van der Waals surface area (Å²) >= 11 is 0. The molecule has 0 amide bonds. The van der Waals surface area contributed by atoms with Gasteiger partial charge in [0, 0.05) is 16.5 Å². The van der Waals surface area contributed by atoms with Crippen LogP contribution in [0.2, 0.25) is 0 Å². The van der Waals surface area contributed by atoms with E-state index in [1.807, 2.05) is 0 Å². The van der Waals surface area contributed by atoms with E-state index in [9.17, 15) is 43.9 Å². The second kappa shape index (κ2) is 17.2. The van der Waals surface area contributed by atoms with E-state index in [4.69, 9.17) is 29.2 Å². The molecule has 2 fully saturated rings. The molecule has 4 rings (SSSR count). The maximum absolute atomic E-state index is 12.2. The molecule has 2 aromatic rings. The molecule has 6 nitrogen and oxygen atoms in total. The van der Waals surface area contributed by atoms with Crippen LogP contribution in [0.25, 0.3) is 0 Å². The van der Waals surface area contributed by atoms with Gasteiger partial charge < -0.3 is 29.2 Å². The molecule has 2 aliphatic heterocycles. The molecule has 17 heteroatoms. The van der Waals surface area contributed by atoms with Crippen molar-refractivity contribution in [3.63, 3.8) is 0 Å². The molecular formula is C20H18F10NiO6. The Morgan fingerprint density at radius 3 is 0.595 bits per heavy atom. The van der Waals surface area contributed by atoms with Crippen molar-refractivity contribution in [3.8, 4) is 11.5 Å². The van der Waals surface area contributed by atoms with Crippen LogP contribution in [0.3, 0.4) is 0 Å². The fourth-order valence-corrected chi connectivity index (χ4v) is 2.07. The van der Waals surface area contributed by atoms with Gasteiger partial charge >= 0.3 is 0 Å². The van der Waals surface area contributed by atoms with Gasteiger partial charge in [-0.25, -0.2) is 26.3 Å². The first-order valence-electron chi connectivity index (χ1n) is 9.65. The first kappa shape index (κ1) is 34.7. The SMILES string of the molecule is C1COCCO1.C1COCCO1.Oc1c(F)c(F)c(F)c(F)c1F.Oc1c(F)c(F)c(F)c(F)c1F.[Ni]. The number of rotatable bonds is 0. The summed E-state index contributed by atoms with van der Waals surface area (Å²) in [5.74, 6) is -25.9. The van der Waals surface area contributed by atoms with Crippen LogP contribution in [0, 0.1) is 58.2 Å². The van der Waals surface area contributed by atoms with E-state index >= 15 is 0 Å². The number of phenolic OH excluding ortho intramolecular Hbond substituents is 2. The van der Waals surface area contributed by atoms with Crippen LogP contribution in [0.1, 0.15) is 0 Å². The van der Waals surface area contributed by atoms with Crippen molar-refractivity contribution in [3.05, 3.63) is 58.2 Å². The van der Waals surface area contributed by atoms with Gasteiger partial charge in [-0.15, -0.1) is 0 Å². The molecule has 0 aromatic heterocycles. The summed E-state index contributed by atoms with van der Waals surface area (Å²) in [5.41, 5.74) is 0. The predicted octanol–water partition coefficient (Wildman–Crippen LogP) is 4.24. The molecule has 2 aromatic carbocycles. The minimum Gasteiger partial charge on any atom is -0.503 e. The fourth-order valence-electron chi connectivity index (χ4n) is 2.07. The Hall–Kier alpha value is -2.33. The van der Waals surface area contributed by atoms with Gasteiger partial charge in [0.1, 0.15) is 0 Å². The molecule has 2 heterocycles. The number of halogens is 10. The van der Waals surface area contributed by atoms with Crippen molar-refractivity contribution in [1.29, 1.82) is 0 Å². The van der Waals surface area contributed by atoms with Crippen molar-refractivity contribution in [1.82, 2.24) is 0 Å². The number of hydrogen-bond acceptors (Lipinski definition) is 6. The Morgan fingerprint density at radius 2 is 0.459 bits per heavy atom. The van der Waals surface area contributed by atoms with E-state index in [1.165, 1.54) is 0 Å². The summed E-state index contributed by atoms with van der Waals surface area (Å²) in [6.07, 6.45) is 0. The zero-order valence-electron chi connectivity index (χ0n) is 18.3. The summed E-state index contributed by atoms with van der Waals surface area (Å²) in [4.78, 5) is 0. The topological polar surface area (TPSA) is 77.4 Å². The first-order chi connectivity index (χ1) is 16.9. The Balaban J connectivity index is 0.000000485. The first-order valence-corrected chi connectivity index (χ1v) is 9.65. The van der Waals surface area contributed by atoms with Crippen molar-refractivity contribution >= 4 is 0 Å². The monoisotopic (exact) mass is 602 g/mol. The predicted molar refractivity (Wildman–Crippen MR) is 99.1 cm³/mol. The van der Waals surface area contributed by atoms with E-state index in [2.05, 4.69) is 0 Å². The van der Waals surface area contributed by atoms with Gasteiger partial charge in [-0.1, -0.05) is 0 Å². The second-order valence-electron chi connectivity index (χ2n) is 6.29. The third-order valence-corrected chi connectivity index (χ3v) is 3.86. The molecule has 37 heavy (non-hydrogen) atoms. The molecule has 0 unspecified atom stereocenters. The summed E-state index contributed by atoms with van der Waals surface area (Å²) in [6.45, 7) is 6.22. The molecular weight excluding hydrogens is 585 g/mol. The summed E-state index contributed by atoms with van der Waals surface area (Å²) in [6, 6.07) is 0. The van der Waals surface area contributed by atoms with Crippen LogP contribution in [-0.2, 0) is 35.4 Å². The Kier molecular flexibility index (Phi) is 16.1. The van der Waals surface area contributed by atoms with Gasteiger partial charge in [0.2, 0.25) is 58.2 Å². The van der Waals surface area contributed by atoms with E-state index in [1.54, 1.807) is 0 Å². The van der Waals surface area contributed by atoms with Crippen LogP contribution < -0.4 is 0 Å². The molecule has 0 aliphatic carbocycles. The Morgan fingerprint density at radius 1 is 0.324 bits per heavy atom. The maximum Gasteiger partial charge on any atom is 0.206 e. The standard InChI is InChI=1S/2C6HF5O.2C4H8O2.Ni/c2*7-1-2(8)4(10)6(12)5(11)3(1)9;2*1-2-6-4-3-5-1;/h2*12H;2*1-4H2;. The van der Waals surface area contributed by atoms with Crippen LogP contribution in [0.15, 0.2) is 0 Å². The minimum absolute atomic E-state index is 0. The maximum atomic E-state index is 12.2. The van der Waals surface area contributed by atoms with Gasteiger partial charge in [0.25, 0.3) is 0 Å². The normalized spacial score (nSPS) is 14.5. The van der Waals surface area contributed by atoms with Gasteiger partial charge in [-0.2, -0.15) is 17.6 Å². The van der Waals surface area contributed by atoms with Crippen molar-refractivity contribution in [2.75, 3.05) is 52.9 Å². The number of phenols is 2. The van der Waals surface area contributed by atoms with Gasteiger partial charge in [-0.3, -0.25) is 0 Å². The van der Waals surface area contributed by atoms with E-state index < -0.39 is 69.7 Å². The molecule has 214 valence electrons. The van der Waals surface area contributed by atoms with Crippen LogP contribution >= 0.6 is 0 Å². The molecule has 2 saturated heterocycles. The van der Waals surface area contributed by atoms with Gasteiger partial charge in [-0.05, 0) is 0 Å². The Labute approximate surface area is 212 Å². The van der Waals surface area contributed by atoms with Crippen LogP contribution in [-0.4, -0.2) is 63.1 Å². The Bertz CT molecular complexity index is 694. The molecule has 0 spiro atoms. The number of hydrogen-bond donors (Lipinski definition) is 2. The number of aromatic hydroxyl groups is 2. The fraction of sp³-hybridized carbons (Fsp3) is 0.400. The van der Waals surface area contributed by atoms with Crippen LogP contribution in [0.4, 0.5) is 43.9 Å².